The molecule has 0 bridgehead atoms. The van der Waals surface area contributed by atoms with E-state index in [2.05, 4.69) is 16.9 Å². The van der Waals surface area contributed by atoms with Gasteiger partial charge in [-0.3, -0.25) is 4.79 Å². The molecule has 0 spiro atoms. The van der Waals surface area contributed by atoms with Crippen LogP contribution in [0.3, 0.4) is 0 Å². The molecule has 1 saturated heterocycles. The van der Waals surface area contributed by atoms with Gasteiger partial charge in [-0.25, -0.2) is 8.42 Å². The van der Waals surface area contributed by atoms with E-state index in [1.165, 1.54) is 6.42 Å². The summed E-state index contributed by atoms with van der Waals surface area (Å²) >= 11 is 1.84. The molecule has 1 aliphatic rings. The van der Waals surface area contributed by atoms with Gasteiger partial charge in [0.15, 0.2) is 9.84 Å². The minimum atomic E-state index is -2.96. The summed E-state index contributed by atoms with van der Waals surface area (Å²) < 4.78 is 22.9. The maximum absolute atomic E-state index is 11.7. The first kappa shape index (κ1) is 16.8. The summed E-state index contributed by atoms with van der Waals surface area (Å²) in [7, 11) is -2.96. The van der Waals surface area contributed by atoms with Gasteiger partial charge in [0.05, 0.1) is 11.5 Å². The average Bonchev–Trinajstić information content (AvgIpc) is 2.32. The van der Waals surface area contributed by atoms with Gasteiger partial charge in [0.25, 0.3) is 0 Å². The Balaban J connectivity index is 2.10. The summed E-state index contributed by atoms with van der Waals surface area (Å²) in [6, 6.07) is -0.227. The van der Waals surface area contributed by atoms with Crippen LogP contribution in [-0.2, 0) is 14.6 Å². The van der Waals surface area contributed by atoms with Crippen molar-refractivity contribution < 1.29 is 13.2 Å². The van der Waals surface area contributed by atoms with Gasteiger partial charge in [-0.05, 0) is 24.9 Å². The summed E-state index contributed by atoms with van der Waals surface area (Å²) in [5.74, 6) is 1.37. The van der Waals surface area contributed by atoms with E-state index in [0.29, 0.717) is 13.1 Å². The lowest BCUT2D eigenvalue weighted by Gasteiger charge is -2.23. The van der Waals surface area contributed by atoms with Crippen molar-refractivity contribution in [2.45, 2.75) is 31.7 Å². The van der Waals surface area contributed by atoms with Crippen LogP contribution in [0.15, 0.2) is 0 Å². The molecule has 0 aromatic heterocycles. The SMILES string of the molecule is CSCCCCCNC(=O)CC1CS(=O)(=O)CCN1. The number of amides is 1. The van der Waals surface area contributed by atoms with Crippen molar-refractivity contribution in [3.8, 4) is 0 Å². The lowest BCUT2D eigenvalue weighted by Crippen LogP contribution is -2.47. The van der Waals surface area contributed by atoms with E-state index >= 15 is 0 Å². The lowest BCUT2D eigenvalue weighted by atomic mass is 10.2. The Morgan fingerprint density at radius 2 is 2.16 bits per heavy atom. The average molecular weight is 308 g/mol. The van der Waals surface area contributed by atoms with Crippen molar-refractivity contribution in [3.05, 3.63) is 0 Å². The number of hydrogen-bond donors (Lipinski definition) is 2. The fraction of sp³-hybridized carbons (Fsp3) is 0.917. The Morgan fingerprint density at radius 3 is 2.84 bits per heavy atom. The Kier molecular flexibility index (Phi) is 7.78. The van der Waals surface area contributed by atoms with Crippen LogP contribution in [0.1, 0.15) is 25.7 Å². The zero-order valence-electron chi connectivity index (χ0n) is 11.5. The third kappa shape index (κ3) is 7.79. The molecule has 2 N–H and O–H groups in total. The van der Waals surface area contributed by atoms with Crippen LogP contribution in [0.5, 0.6) is 0 Å². The largest absolute Gasteiger partial charge is 0.356 e. The van der Waals surface area contributed by atoms with Gasteiger partial charge in [-0.2, -0.15) is 11.8 Å². The summed E-state index contributed by atoms with van der Waals surface area (Å²) in [5.41, 5.74) is 0. The van der Waals surface area contributed by atoms with Gasteiger partial charge >= 0.3 is 0 Å². The molecule has 0 radical (unpaired) electrons. The molecule has 0 aromatic carbocycles. The zero-order valence-corrected chi connectivity index (χ0v) is 13.1. The second-order valence-corrected chi connectivity index (χ2v) is 8.09. The van der Waals surface area contributed by atoms with Crippen LogP contribution in [-0.4, -0.2) is 57.0 Å². The molecule has 1 atom stereocenters. The first-order valence-electron chi connectivity index (χ1n) is 6.73. The minimum Gasteiger partial charge on any atom is -0.356 e. The summed E-state index contributed by atoms with van der Waals surface area (Å²) in [5, 5.41) is 5.93. The number of sulfone groups is 1. The molecule has 7 heteroatoms. The second kappa shape index (κ2) is 8.81. The number of carbonyl (C=O) groups excluding carboxylic acids is 1. The Morgan fingerprint density at radius 1 is 1.37 bits per heavy atom. The number of nitrogens with one attached hydrogen (secondary N) is 2. The summed E-state index contributed by atoms with van der Waals surface area (Å²) in [6.45, 7) is 1.14. The van der Waals surface area contributed by atoms with Gasteiger partial charge in [-0.15, -0.1) is 0 Å². The number of unbranched alkanes of at least 4 members (excludes halogenated alkanes) is 2. The molecule has 5 nitrogen and oxygen atoms in total. The Labute approximate surface area is 120 Å². The molecule has 1 unspecified atom stereocenters. The Bertz CT molecular complexity index is 371. The van der Waals surface area contributed by atoms with Crippen LogP contribution in [0, 0.1) is 0 Å². The molecular weight excluding hydrogens is 284 g/mol. The van der Waals surface area contributed by atoms with Gasteiger partial charge in [-0.1, -0.05) is 6.42 Å². The monoisotopic (exact) mass is 308 g/mol. The van der Waals surface area contributed by atoms with E-state index in [-0.39, 0.29) is 29.9 Å². The minimum absolute atomic E-state index is 0.0560. The van der Waals surface area contributed by atoms with Crippen molar-refractivity contribution in [3.63, 3.8) is 0 Å². The number of rotatable bonds is 8. The van der Waals surface area contributed by atoms with Crippen LogP contribution in [0.2, 0.25) is 0 Å². The first-order chi connectivity index (χ1) is 9.03. The highest BCUT2D eigenvalue weighted by Crippen LogP contribution is 2.05. The molecule has 1 rings (SSSR count). The van der Waals surface area contributed by atoms with Gasteiger partial charge < -0.3 is 10.6 Å². The molecule has 1 aliphatic heterocycles. The molecule has 1 amide bonds. The summed E-state index contributed by atoms with van der Waals surface area (Å²) in [4.78, 5) is 11.7. The van der Waals surface area contributed by atoms with E-state index in [1.54, 1.807) is 0 Å². The van der Waals surface area contributed by atoms with E-state index in [1.807, 2.05) is 11.8 Å². The van der Waals surface area contributed by atoms with Crippen molar-refractivity contribution >= 4 is 27.5 Å². The molecule has 112 valence electrons. The van der Waals surface area contributed by atoms with Crippen LogP contribution >= 0.6 is 11.8 Å². The molecule has 0 saturated carbocycles. The van der Waals surface area contributed by atoms with Crippen LogP contribution in [0.4, 0.5) is 0 Å². The van der Waals surface area contributed by atoms with E-state index in [0.717, 1.165) is 18.6 Å². The predicted molar refractivity (Wildman–Crippen MR) is 80.3 cm³/mol. The fourth-order valence-corrected chi connectivity index (χ4v) is 4.01. The predicted octanol–water partition coefficient (Wildman–Crippen LogP) is 0.413. The fourth-order valence-electron chi connectivity index (χ4n) is 2.07. The summed E-state index contributed by atoms with van der Waals surface area (Å²) in [6.07, 6.45) is 5.64. The lowest BCUT2D eigenvalue weighted by molar-refractivity contribution is -0.121. The molecular formula is C12H24N2O3S2. The second-order valence-electron chi connectivity index (χ2n) is 4.87. The van der Waals surface area contributed by atoms with E-state index < -0.39 is 9.84 Å². The highest BCUT2D eigenvalue weighted by molar-refractivity contribution is 7.98. The number of hydrogen-bond acceptors (Lipinski definition) is 5. The highest BCUT2D eigenvalue weighted by atomic mass is 32.2. The number of carbonyl (C=O) groups is 1. The van der Waals surface area contributed by atoms with Crippen LogP contribution in [0.25, 0.3) is 0 Å². The molecule has 0 aromatic rings. The van der Waals surface area contributed by atoms with Crippen molar-refractivity contribution in [2.24, 2.45) is 0 Å². The standard InChI is InChI=1S/C12H24N2O3S2/c1-18-7-4-2-3-5-14-12(15)9-11-10-19(16,17)8-6-13-11/h11,13H,2-10H2,1H3,(H,14,15). The third-order valence-electron chi connectivity index (χ3n) is 3.08. The maximum Gasteiger partial charge on any atom is 0.221 e. The topological polar surface area (TPSA) is 75.3 Å². The molecule has 1 fully saturated rings. The zero-order chi connectivity index (χ0) is 14.1. The van der Waals surface area contributed by atoms with E-state index in [4.69, 9.17) is 0 Å². The van der Waals surface area contributed by atoms with E-state index in [9.17, 15) is 13.2 Å². The molecule has 1 heterocycles. The van der Waals surface area contributed by atoms with Gasteiger partial charge in [0, 0.05) is 25.6 Å². The first-order valence-corrected chi connectivity index (χ1v) is 9.94. The van der Waals surface area contributed by atoms with Crippen molar-refractivity contribution in [2.75, 3.05) is 36.6 Å². The molecule has 0 aliphatic carbocycles. The van der Waals surface area contributed by atoms with Gasteiger partial charge in [0.1, 0.15) is 0 Å². The van der Waals surface area contributed by atoms with Gasteiger partial charge in [0.2, 0.25) is 5.91 Å². The van der Waals surface area contributed by atoms with Crippen molar-refractivity contribution in [1.82, 2.24) is 10.6 Å². The third-order valence-corrected chi connectivity index (χ3v) is 5.51. The normalized spacial score (nSPS) is 22.1. The Hall–Kier alpha value is -0.270. The van der Waals surface area contributed by atoms with Crippen molar-refractivity contribution in [1.29, 1.82) is 0 Å². The molecule has 19 heavy (non-hydrogen) atoms. The van der Waals surface area contributed by atoms with Crippen LogP contribution < -0.4 is 10.6 Å². The number of thioether (sulfide) groups is 1. The quantitative estimate of drug-likeness (QED) is 0.635. The maximum atomic E-state index is 11.7. The highest BCUT2D eigenvalue weighted by Gasteiger charge is 2.25. The smallest absolute Gasteiger partial charge is 0.221 e.